The van der Waals surface area contributed by atoms with Crippen molar-refractivity contribution in [2.75, 3.05) is 20.1 Å². The summed E-state index contributed by atoms with van der Waals surface area (Å²) >= 11 is 3.23. The summed E-state index contributed by atoms with van der Waals surface area (Å²) in [5.74, 6) is -0.346. The summed E-state index contributed by atoms with van der Waals surface area (Å²) in [4.78, 5) is 28.3. The number of nitrogens with zero attached hydrogens (tertiary/aromatic N) is 2. The molecule has 142 valence electrons. The van der Waals surface area contributed by atoms with Crippen LogP contribution in [0.15, 0.2) is 22.7 Å². The number of nitrogens with one attached hydrogen (secondary N) is 2. The number of likely N-dealkylation sites (tertiary alicyclic amines) is 1. The van der Waals surface area contributed by atoms with Crippen LogP contribution in [0.2, 0.25) is 0 Å². The number of hydrogen-bond acceptors (Lipinski definition) is 2. The molecular weight excluding hydrogens is 403 g/mol. The molecule has 2 N–H and O–H groups in total. The first kappa shape index (κ1) is 18.9. The number of carbonyl (C=O) groups is 2. The highest BCUT2D eigenvalue weighted by Gasteiger charge is 2.39. The number of carbonyl (C=O) groups excluding carboxylic acids is 2. The predicted octanol–water partition coefficient (Wildman–Crippen LogP) is 3.07. The van der Waals surface area contributed by atoms with Crippen molar-refractivity contribution in [2.24, 2.45) is 0 Å². The molecule has 6 nitrogen and oxygen atoms in total. The van der Waals surface area contributed by atoms with Crippen LogP contribution in [0.25, 0.3) is 0 Å². The van der Waals surface area contributed by atoms with Gasteiger partial charge >= 0.3 is 12.1 Å². The lowest BCUT2D eigenvalue weighted by atomic mass is 10.0. The van der Waals surface area contributed by atoms with Gasteiger partial charge in [-0.1, -0.05) is 22.0 Å². The van der Waals surface area contributed by atoms with Crippen LogP contribution in [0.5, 0.6) is 0 Å². The van der Waals surface area contributed by atoms with E-state index >= 15 is 0 Å². The largest absolute Gasteiger partial charge is 0.341 e. The predicted molar refractivity (Wildman–Crippen MR) is 100 cm³/mol. The molecule has 26 heavy (non-hydrogen) atoms. The van der Waals surface area contributed by atoms with Crippen molar-refractivity contribution in [1.29, 1.82) is 0 Å². The smallest absolute Gasteiger partial charge is 0.318 e. The van der Waals surface area contributed by atoms with Gasteiger partial charge in [-0.15, -0.1) is 0 Å². The molecule has 1 saturated carbocycles. The van der Waals surface area contributed by atoms with Crippen molar-refractivity contribution in [3.8, 4) is 0 Å². The monoisotopic (exact) mass is 426 g/mol. The molecule has 3 rings (SSSR count). The summed E-state index contributed by atoms with van der Waals surface area (Å²) in [5, 5.41) is 5.50. The Morgan fingerprint density at radius 2 is 2.08 bits per heavy atom. The number of piperidine rings is 1. The zero-order valence-electron chi connectivity index (χ0n) is 14.8. The van der Waals surface area contributed by atoms with Crippen molar-refractivity contribution in [3.63, 3.8) is 0 Å². The van der Waals surface area contributed by atoms with E-state index in [1.165, 1.54) is 6.07 Å². The number of amides is 4. The van der Waals surface area contributed by atoms with Crippen LogP contribution < -0.4 is 10.6 Å². The molecule has 1 saturated heterocycles. The third-order valence-electron chi connectivity index (χ3n) is 4.91. The molecule has 1 heterocycles. The van der Waals surface area contributed by atoms with Gasteiger partial charge in [0, 0.05) is 42.8 Å². The zero-order valence-corrected chi connectivity index (χ0v) is 16.4. The van der Waals surface area contributed by atoms with Crippen molar-refractivity contribution in [2.45, 2.75) is 44.3 Å². The van der Waals surface area contributed by atoms with Crippen molar-refractivity contribution in [1.82, 2.24) is 20.4 Å². The molecule has 0 unspecified atom stereocenters. The molecule has 1 atom stereocenters. The van der Waals surface area contributed by atoms with Gasteiger partial charge in [0.05, 0.1) is 6.04 Å². The molecule has 0 bridgehead atoms. The van der Waals surface area contributed by atoms with E-state index in [0.717, 1.165) is 25.7 Å². The Balaban J connectivity index is 1.63. The lowest BCUT2D eigenvalue weighted by molar-refractivity contribution is 0.116. The van der Waals surface area contributed by atoms with Crippen LogP contribution in [0.4, 0.5) is 14.0 Å². The normalized spacial score (nSPS) is 19.8. The second-order valence-corrected chi connectivity index (χ2v) is 7.75. The van der Waals surface area contributed by atoms with E-state index in [2.05, 4.69) is 26.6 Å². The van der Waals surface area contributed by atoms with E-state index < -0.39 is 0 Å². The first-order chi connectivity index (χ1) is 12.5. The van der Waals surface area contributed by atoms with Gasteiger partial charge in [0.25, 0.3) is 0 Å². The molecule has 2 fully saturated rings. The van der Waals surface area contributed by atoms with Gasteiger partial charge < -0.3 is 20.4 Å². The van der Waals surface area contributed by atoms with E-state index in [4.69, 9.17) is 0 Å². The molecule has 0 radical (unpaired) electrons. The maximum absolute atomic E-state index is 14.0. The van der Waals surface area contributed by atoms with Crippen LogP contribution in [-0.4, -0.2) is 54.1 Å². The Hall–Kier alpha value is -1.83. The van der Waals surface area contributed by atoms with Crippen LogP contribution in [-0.2, 0) is 6.54 Å². The van der Waals surface area contributed by atoms with Crippen molar-refractivity contribution in [3.05, 3.63) is 34.1 Å². The SMILES string of the molecule is CNC(=O)N1CCC[C@H](N(C(=O)NCc2ccc(Br)cc2F)C2CC2)C1. The van der Waals surface area contributed by atoms with Crippen LogP contribution in [0.3, 0.4) is 0 Å². The third-order valence-corrected chi connectivity index (χ3v) is 5.40. The fourth-order valence-electron chi connectivity index (χ4n) is 3.43. The van der Waals surface area contributed by atoms with E-state index in [1.54, 1.807) is 24.1 Å². The number of rotatable bonds is 4. The van der Waals surface area contributed by atoms with Crippen LogP contribution in [0.1, 0.15) is 31.2 Å². The Kier molecular flexibility index (Phi) is 6.01. The molecule has 8 heteroatoms. The van der Waals surface area contributed by atoms with Gasteiger partial charge in [-0.3, -0.25) is 0 Å². The summed E-state index contributed by atoms with van der Waals surface area (Å²) in [6.07, 6.45) is 3.72. The van der Waals surface area contributed by atoms with Crippen molar-refractivity contribution >= 4 is 28.0 Å². The van der Waals surface area contributed by atoms with Gasteiger partial charge in [0.1, 0.15) is 5.82 Å². The van der Waals surface area contributed by atoms with E-state index in [-0.39, 0.29) is 36.5 Å². The summed E-state index contributed by atoms with van der Waals surface area (Å²) in [7, 11) is 1.62. The molecule has 1 aromatic rings. The Labute approximate surface area is 161 Å². The van der Waals surface area contributed by atoms with Gasteiger partial charge in [0.2, 0.25) is 0 Å². The lowest BCUT2D eigenvalue weighted by Gasteiger charge is -2.39. The molecule has 1 aliphatic heterocycles. The van der Waals surface area contributed by atoms with Gasteiger partial charge in [-0.05, 0) is 37.8 Å². The maximum Gasteiger partial charge on any atom is 0.318 e. The van der Waals surface area contributed by atoms with Crippen LogP contribution >= 0.6 is 15.9 Å². The highest BCUT2D eigenvalue weighted by molar-refractivity contribution is 9.10. The summed E-state index contributed by atoms with van der Waals surface area (Å²) < 4.78 is 14.6. The topological polar surface area (TPSA) is 64.7 Å². The first-order valence-electron chi connectivity index (χ1n) is 8.96. The second-order valence-electron chi connectivity index (χ2n) is 6.83. The molecule has 1 aromatic carbocycles. The molecule has 2 aliphatic rings. The first-order valence-corrected chi connectivity index (χ1v) is 9.75. The molecule has 1 aliphatic carbocycles. The third kappa shape index (κ3) is 4.47. The summed E-state index contributed by atoms with van der Waals surface area (Å²) in [5.41, 5.74) is 0.452. The minimum atomic E-state index is -0.346. The van der Waals surface area contributed by atoms with E-state index in [9.17, 15) is 14.0 Å². The fraction of sp³-hybridized carbons (Fsp3) is 0.556. The second kappa shape index (κ2) is 8.24. The number of urea groups is 2. The lowest BCUT2D eigenvalue weighted by Crippen LogP contribution is -2.56. The van der Waals surface area contributed by atoms with Gasteiger partial charge in [-0.2, -0.15) is 0 Å². The van der Waals surface area contributed by atoms with E-state index in [0.29, 0.717) is 23.1 Å². The van der Waals surface area contributed by atoms with E-state index in [1.807, 2.05) is 4.90 Å². The Morgan fingerprint density at radius 1 is 1.31 bits per heavy atom. The number of hydrogen-bond donors (Lipinski definition) is 2. The molecule has 0 spiro atoms. The summed E-state index contributed by atoms with van der Waals surface area (Å²) in [6, 6.07) is 4.74. The fourth-order valence-corrected chi connectivity index (χ4v) is 3.77. The highest BCUT2D eigenvalue weighted by atomic mass is 79.9. The van der Waals surface area contributed by atoms with Crippen molar-refractivity contribution < 1.29 is 14.0 Å². The average Bonchev–Trinajstić information content (AvgIpc) is 3.45. The molecular formula is C18H24BrFN4O2. The molecule has 4 amide bonds. The zero-order chi connectivity index (χ0) is 18.7. The quantitative estimate of drug-likeness (QED) is 0.776. The Morgan fingerprint density at radius 3 is 2.73 bits per heavy atom. The highest BCUT2D eigenvalue weighted by Crippen LogP contribution is 2.31. The van der Waals surface area contributed by atoms with Gasteiger partial charge in [0.15, 0.2) is 0 Å². The molecule has 0 aromatic heterocycles. The Bertz CT molecular complexity index is 683. The summed E-state index contributed by atoms with van der Waals surface area (Å²) in [6.45, 7) is 1.39. The van der Waals surface area contributed by atoms with Gasteiger partial charge in [-0.25, -0.2) is 14.0 Å². The van der Waals surface area contributed by atoms with Crippen LogP contribution in [0, 0.1) is 5.82 Å². The standard InChI is InChI=1S/C18H24BrFN4O2/c1-21-17(25)23-8-2-3-15(11-23)24(14-6-7-14)18(26)22-10-12-4-5-13(19)9-16(12)20/h4-5,9,14-15H,2-3,6-8,10-11H2,1H3,(H,21,25)(H,22,26)/t15-/m0/s1. The number of halogens is 2. The maximum atomic E-state index is 14.0. The minimum absolute atomic E-state index is 0.00307. The average molecular weight is 427 g/mol. The number of benzene rings is 1. The minimum Gasteiger partial charge on any atom is -0.341 e.